The summed E-state index contributed by atoms with van der Waals surface area (Å²) in [6, 6.07) is 19.0. The molecular weight excluding hydrogens is 260 g/mol. The zero-order valence-electron chi connectivity index (χ0n) is 9.48. The number of benzene rings is 3. The molecule has 18 heavy (non-hydrogen) atoms. The summed E-state index contributed by atoms with van der Waals surface area (Å²) in [6.07, 6.45) is 0. The van der Waals surface area contributed by atoms with Gasteiger partial charge in [0, 0.05) is 30.6 Å². The minimum Gasteiger partial charge on any atom is -0.135 e. The molecule has 1 aromatic heterocycles. The van der Waals surface area contributed by atoms with Gasteiger partial charge in [0.1, 0.15) is 0 Å². The Labute approximate surface area is 113 Å². The molecule has 0 saturated carbocycles. The fourth-order valence-corrected chi connectivity index (χ4v) is 4.05. The monoisotopic (exact) mass is 268 g/mol. The topological polar surface area (TPSA) is 0 Å². The summed E-state index contributed by atoms with van der Waals surface area (Å²) >= 11 is 8.18. The SMILES string of the molecule is Clc1cc2sc3ccccc3c2c2ccccc12. The van der Waals surface area contributed by atoms with Crippen LogP contribution in [0.25, 0.3) is 30.9 Å². The van der Waals surface area contributed by atoms with Gasteiger partial charge in [0.15, 0.2) is 0 Å². The van der Waals surface area contributed by atoms with E-state index in [1.54, 1.807) is 11.3 Å². The maximum atomic E-state index is 6.37. The molecule has 0 spiro atoms. The highest BCUT2D eigenvalue weighted by molar-refractivity contribution is 7.26. The van der Waals surface area contributed by atoms with Gasteiger partial charge in [0.05, 0.1) is 0 Å². The molecule has 86 valence electrons. The molecule has 0 aliphatic carbocycles. The summed E-state index contributed by atoms with van der Waals surface area (Å²) in [6.45, 7) is 0. The van der Waals surface area contributed by atoms with Crippen LogP contribution < -0.4 is 0 Å². The van der Waals surface area contributed by atoms with Crippen molar-refractivity contribution in [2.75, 3.05) is 0 Å². The van der Waals surface area contributed by atoms with Crippen molar-refractivity contribution in [3.63, 3.8) is 0 Å². The fourth-order valence-electron chi connectivity index (χ4n) is 2.55. The molecule has 4 aromatic rings. The molecule has 0 aliphatic heterocycles. The second-order valence-electron chi connectivity index (χ2n) is 4.38. The summed E-state index contributed by atoms with van der Waals surface area (Å²) in [5.41, 5.74) is 0. The molecule has 1 heterocycles. The third kappa shape index (κ3) is 1.32. The summed E-state index contributed by atoms with van der Waals surface area (Å²) in [7, 11) is 0. The van der Waals surface area contributed by atoms with E-state index < -0.39 is 0 Å². The van der Waals surface area contributed by atoms with E-state index in [1.807, 2.05) is 6.07 Å². The van der Waals surface area contributed by atoms with Gasteiger partial charge in [-0.05, 0) is 17.5 Å². The lowest BCUT2D eigenvalue weighted by molar-refractivity contribution is 1.81. The normalized spacial score (nSPS) is 11.6. The summed E-state index contributed by atoms with van der Waals surface area (Å²) in [5, 5.41) is 5.87. The quantitative estimate of drug-likeness (QED) is 0.375. The predicted octanol–water partition coefficient (Wildman–Crippen LogP) is 5.86. The Morgan fingerprint density at radius 1 is 0.722 bits per heavy atom. The van der Waals surface area contributed by atoms with Gasteiger partial charge in [0.25, 0.3) is 0 Å². The maximum Gasteiger partial charge on any atom is 0.0498 e. The lowest BCUT2D eigenvalue weighted by Gasteiger charge is -2.02. The molecule has 4 rings (SSSR count). The Morgan fingerprint density at radius 3 is 2.22 bits per heavy atom. The second-order valence-corrected chi connectivity index (χ2v) is 5.87. The second kappa shape index (κ2) is 3.71. The molecule has 0 unspecified atom stereocenters. The number of halogens is 1. The van der Waals surface area contributed by atoms with E-state index in [4.69, 9.17) is 11.6 Å². The minimum atomic E-state index is 0.838. The minimum absolute atomic E-state index is 0.838. The largest absolute Gasteiger partial charge is 0.135 e. The van der Waals surface area contributed by atoms with Gasteiger partial charge in [-0.15, -0.1) is 11.3 Å². The zero-order valence-corrected chi connectivity index (χ0v) is 11.1. The Hall–Kier alpha value is -1.57. The van der Waals surface area contributed by atoms with Crippen molar-refractivity contribution in [2.24, 2.45) is 0 Å². The van der Waals surface area contributed by atoms with E-state index in [0.717, 1.165) is 10.4 Å². The van der Waals surface area contributed by atoms with E-state index in [9.17, 15) is 0 Å². The van der Waals surface area contributed by atoms with Gasteiger partial charge in [-0.1, -0.05) is 54.1 Å². The molecule has 0 radical (unpaired) electrons. The molecular formula is C16H9ClS. The highest BCUT2D eigenvalue weighted by Crippen LogP contribution is 2.40. The van der Waals surface area contributed by atoms with Crippen LogP contribution in [0.5, 0.6) is 0 Å². The summed E-state index contributed by atoms with van der Waals surface area (Å²) in [4.78, 5) is 0. The standard InChI is InChI=1S/C16H9ClS/c17-13-9-15-16(11-6-2-1-5-10(11)13)12-7-3-4-8-14(12)18-15/h1-9H. The van der Waals surface area contributed by atoms with Gasteiger partial charge in [-0.3, -0.25) is 0 Å². The van der Waals surface area contributed by atoms with Crippen molar-refractivity contribution in [1.82, 2.24) is 0 Å². The van der Waals surface area contributed by atoms with Crippen LogP contribution in [0.3, 0.4) is 0 Å². The van der Waals surface area contributed by atoms with Crippen LogP contribution in [-0.4, -0.2) is 0 Å². The van der Waals surface area contributed by atoms with Crippen LogP contribution in [0.15, 0.2) is 54.6 Å². The first kappa shape index (κ1) is 10.4. The molecule has 3 aromatic carbocycles. The first-order chi connectivity index (χ1) is 8.84. The van der Waals surface area contributed by atoms with E-state index >= 15 is 0 Å². The first-order valence-electron chi connectivity index (χ1n) is 5.83. The average molecular weight is 269 g/mol. The van der Waals surface area contributed by atoms with E-state index in [1.165, 1.54) is 25.6 Å². The van der Waals surface area contributed by atoms with Crippen LogP contribution in [-0.2, 0) is 0 Å². The van der Waals surface area contributed by atoms with Crippen LogP contribution >= 0.6 is 22.9 Å². The number of thiophene rings is 1. The Morgan fingerprint density at radius 2 is 1.39 bits per heavy atom. The molecule has 0 N–H and O–H groups in total. The Bertz CT molecular complexity index is 889. The third-order valence-electron chi connectivity index (χ3n) is 3.33. The Kier molecular flexibility index (Phi) is 2.14. The van der Waals surface area contributed by atoms with E-state index in [2.05, 4.69) is 48.5 Å². The van der Waals surface area contributed by atoms with Crippen molar-refractivity contribution >= 4 is 53.9 Å². The fraction of sp³-hybridized carbons (Fsp3) is 0. The molecule has 0 nitrogen and oxygen atoms in total. The Balaban J connectivity index is 2.39. The van der Waals surface area contributed by atoms with Gasteiger partial charge >= 0.3 is 0 Å². The van der Waals surface area contributed by atoms with Crippen LogP contribution in [0.1, 0.15) is 0 Å². The zero-order chi connectivity index (χ0) is 12.1. The highest BCUT2D eigenvalue weighted by atomic mass is 35.5. The van der Waals surface area contributed by atoms with Gasteiger partial charge < -0.3 is 0 Å². The van der Waals surface area contributed by atoms with Gasteiger partial charge in [-0.2, -0.15) is 0 Å². The van der Waals surface area contributed by atoms with E-state index in [0.29, 0.717) is 0 Å². The van der Waals surface area contributed by atoms with Crippen LogP contribution in [0, 0.1) is 0 Å². The third-order valence-corrected chi connectivity index (χ3v) is 4.76. The first-order valence-corrected chi connectivity index (χ1v) is 7.02. The smallest absolute Gasteiger partial charge is 0.0498 e. The predicted molar refractivity (Wildman–Crippen MR) is 81.8 cm³/mol. The van der Waals surface area contributed by atoms with E-state index in [-0.39, 0.29) is 0 Å². The van der Waals surface area contributed by atoms with Crippen LogP contribution in [0.4, 0.5) is 0 Å². The van der Waals surface area contributed by atoms with Gasteiger partial charge in [0.2, 0.25) is 0 Å². The summed E-state index contributed by atoms with van der Waals surface area (Å²) < 4.78 is 2.58. The average Bonchev–Trinajstić information content (AvgIpc) is 2.77. The van der Waals surface area contributed by atoms with Crippen molar-refractivity contribution < 1.29 is 0 Å². The van der Waals surface area contributed by atoms with Gasteiger partial charge in [-0.25, -0.2) is 0 Å². The number of fused-ring (bicyclic) bond motifs is 5. The molecule has 0 amide bonds. The molecule has 2 heteroatoms. The molecule has 0 saturated heterocycles. The highest BCUT2D eigenvalue weighted by Gasteiger charge is 2.10. The lowest BCUT2D eigenvalue weighted by Crippen LogP contribution is -1.75. The maximum absolute atomic E-state index is 6.37. The molecule has 0 fully saturated rings. The van der Waals surface area contributed by atoms with Crippen molar-refractivity contribution in [3.05, 3.63) is 59.6 Å². The lowest BCUT2D eigenvalue weighted by atomic mass is 10.0. The summed E-state index contributed by atoms with van der Waals surface area (Å²) in [5.74, 6) is 0. The number of hydrogen-bond acceptors (Lipinski definition) is 1. The van der Waals surface area contributed by atoms with Crippen LogP contribution in [0.2, 0.25) is 5.02 Å². The van der Waals surface area contributed by atoms with Crippen molar-refractivity contribution in [3.8, 4) is 0 Å². The van der Waals surface area contributed by atoms with Crippen molar-refractivity contribution in [1.29, 1.82) is 0 Å². The number of rotatable bonds is 0. The molecule has 0 aliphatic rings. The molecule has 0 bridgehead atoms. The van der Waals surface area contributed by atoms with Crippen molar-refractivity contribution in [2.45, 2.75) is 0 Å². The number of hydrogen-bond donors (Lipinski definition) is 0. The molecule has 0 atom stereocenters.